The number of aromatic amines is 1. The first-order valence-electron chi connectivity index (χ1n) is 8.76. The molecular formula is C20H21N5O. The zero-order valence-corrected chi connectivity index (χ0v) is 14.7. The minimum Gasteiger partial charge on any atom is -0.335 e. The van der Waals surface area contributed by atoms with Gasteiger partial charge in [0.15, 0.2) is 0 Å². The summed E-state index contributed by atoms with van der Waals surface area (Å²) in [6.07, 6.45) is 1.79. The van der Waals surface area contributed by atoms with Gasteiger partial charge in [-0.3, -0.25) is 14.9 Å². The smallest absolute Gasteiger partial charge is 0.271 e. The van der Waals surface area contributed by atoms with E-state index in [0.717, 1.165) is 48.7 Å². The van der Waals surface area contributed by atoms with Crippen LogP contribution in [0.25, 0.3) is 22.5 Å². The van der Waals surface area contributed by atoms with Gasteiger partial charge in [-0.1, -0.05) is 30.3 Å². The first-order valence-corrected chi connectivity index (χ1v) is 8.76. The molecule has 0 saturated carbocycles. The van der Waals surface area contributed by atoms with Crippen molar-refractivity contribution in [2.75, 3.05) is 33.2 Å². The largest absolute Gasteiger partial charge is 0.335 e. The summed E-state index contributed by atoms with van der Waals surface area (Å²) in [5.41, 5.74) is 4.13. The molecule has 1 aliphatic rings. The molecule has 3 heterocycles. The molecule has 0 spiro atoms. The van der Waals surface area contributed by atoms with Crippen molar-refractivity contribution >= 4 is 5.91 Å². The van der Waals surface area contributed by atoms with Crippen LogP contribution in [0.3, 0.4) is 0 Å². The number of aromatic nitrogens is 3. The molecule has 0 unspecified atom stereocenters. The quantitative estimate of drug-likeness (QED) is 0.791. The molecule has 6 heteroatoms. The number of amides is 1. The Morgan fingerprint density at radius 2 is 1.73 bits per heavy atom. The number of likely N-dealkylation sites (N-methyl/N-ethyl adjacent to an activating group) is 1. The summed E-state index contributed by atoms with van der Waals surface area (Å²) in [6, 6.07) is 15.8. The second-order valence-electron chi connectivity index (χ2n) is 6.56. The van der Waals surface area contributed by atoms with Crippen molar-refractivity contribution in [3.63, 3.8) is 0 Å². The Kier molecular flexibility index (Phi) is 4.50. The van der Waals surface area contributed by atoms with Gasteiger partial charge in [0, 0.05) is 43.5 Å². The van der Waals surface area contributed by atoms with E-state index in [2.05, 4.69) is 27.1 Å². The van der Waals surface area contributed by atoms with Crippen LogP contribution in [-0.4, -0.2) is 64.1 Å². The number of H-pyrrole nitrogens is 1. The van der Waals surface area contributed by atoms with Gasteiger partial charge in [0.25, 0.3) is 5.91 Å². The van der Waals surface area contributed by atoms with Crippen molar-refractivity contribution in [2.45, 2.75) is 0 Å². The molecule has 1 N–H and O–H groups in total. The number of pyridine rings is 1. The Bertz CT molecular complexity index is 880. The highest BCUT2D eigenvalue weighted by Gasteiger charge is 2.22. The van der Waals surface area contributed by atoms with Gasteiger partial charge in [0.2, 0.25) is 0 Å². The highest BCUT2D eigenvalue weighted by Crippen LogP contribution is 2.22. The summed E-state index contributed by atoms with van der Waals surface area (Å²) in [7, 11) is 2.07. The van der Waals surface area contributed by atoms with Gasteiger partial charge in [0.1, 0.15) is 5.69 Å². The molecule has 0 atom stereocenters. The maximum absolute atomic E-state index is 12.6. The molecule has 0 aliphatic carbocycles. The fourth-order valence-corrected chi connectivity index (χ4v) is 3.08. The predicted octanol–water partition coefficient (Wildman–Crippen LogP) is 2.53. The number of rotatable bonds is 3. The molecule has 132 valence electrons. The SMILES string of the molecule is CN1CCN(C(=O)c2cc(-c3ccc(-c4ccccc4)nc3)n[nH]2)CC1. The fraction of sp³-hybridized carbons (Fsp3) is 0.250. The van der Waals surface area contributed by atoms with Crippen LogP contribution in [-0.2, 0) is 0 Å². The number of hydrogen-bond acceptors (Lipinski definition) is 4. The minimum absolute atomic E-state index is 0.00529. The summed E-state index contributed by atoms with van der Waals surface area (Å²) in [6.45, 7) is 3.29. The molecule has 0 bridgehead atoms. The van der Waals surface area contributed by atoms with Crippen LogP contribution in [0.4, 0.5) is 0 Å². The lowest BCUT2D eigenvalue weighted by molar-refractivity contribution is 0.0658. The number of nitrogens with zero attached hydrogens (tertiary/aromatic N) is 4. The Morgan fingerprint density at radius 1 is 0.962 bits per heavy atom. The van der Waals surface area contributed by atoms with E-state index in [4.69, 9.17) is 0 Å². The summed E-state index contributed by atoms with van der Waals surface area (Å²) >= 11 is 0. The van der Waals surface area contributed by atoms with Crippen LogP contribution in [0.1, 0.15) is 10.5 Å². The van der Waals surface area contributed by atoms with E-state index in [1.807, 2.05) is 47.4 Å². The molecule has 2 aromatic heterocycles. The molecular weight excluding hydrogens is 326 g/mol. The average molecular weight is 347 g/mol. The van der Waals surface area contributed by atoms with Gasteiger partial charge < -0.3 is 9.80 Å². The van der Waals surface area contributed by atoms with E-state index in [1.165, 1.54) is 0 Å². The molecule has 1 amide bonds. The molecule has 1 saturated heterocycles. The normalized spacial score (nSPS) is 15.2. The van der Waals surface area contributed by atoms with Crippen LogP contribution in [0.5, 0.6) is 0 Å². The van der Waals surface area contributed by atoms with Crippen LogP contribution in [0.15, 0.2) is 54.7 Å². The Labute approximate surface area is 152 Å². The number of nitrogens with one attached hydrogen (secondary N) is 1. The summed E-state index contributed by atoms with van der Waals surface area (Å²) in [5, 5.41) is 7.17. The fourth-order valence-electron chi connectivity index (χ4n) is 3.08. The minimum atomic E-state index is 0.00529. The first-order chi connectivity index (χ1) is 12.7. The van der Waals surface area contributed by atoms with Crippen LogP contribution >= 0.6 is 0 Å². The van der Waals surface area contributed by atoms with Crippen LogP contribution in [0.2, 0.25) is 0 Å². The number of carbonyl (C=O) groups is 1. The molecule has 4 rings (SSSR count). The lowest BCUT2D eigenvalue weighted by Gasteiger charge is -2.31. The zero-order chi connectivity index (χ0) is 17.9. The molecule has 6 nitrogen and oxygen atoms in total. The van der Waals surface area contributed by atoms with E-state index in [-0.39, 0.29) is 5.91 Å². The van der Waals surface area contributed by atoms with Crippen molar-refractivity contribution in [1.29, 1.82) is 0 Å². The Hall–Kier alpha value is -2.99. The topological polar surface area (TPSA) is 65.1 Å². The standard InChI is InChI=1S/C20H21N5O/c1-24-9-11-25(12-10-24)20(26)19-13-18(22-23-19)16-7-8-17(21-14-16)15-5-3-2-4-6-15/h2-8,13-14H,9-12H2,1H3,(H,22,23). The second kappa shape index (κ2) is 7.09. The summed E-state index contributed by atoms with van der Waals surface area (Å²) in [4.78, 5) is 21.2. The zero-order valence-electron chi connectivity index (χ0n) is 14.7. The Balaban J connectivity index is 1.50. The van der Waals surface area contributed by atoms with E-state index in [0.29, 0.717) is 5.69 Å². The van der Waals surface area contributed by atoms with Crippen LogP contribution < -0.4 is 0 Å². The van der Waals surface area contributed by atoms with E-state index >= 15 is 0 Å². The average Bonchev–Trinajstić information content (AvgIpc) is 3.19. The van der Waals surface area contributed by atoms with Crippen molar-refractivity contribution in [3.05, 3.63) is 60.4 Å². The highest BCUT2D eigenvalue weighted by atomic mass is 16.2. The molecule has 26 heavy (non-hydrogen) atoms. The number of benzene rings is 1. The third-order valence-corrected chi connectivity index (χ3v) is 4.73. The van der Waals surface area contributed by atoms with Gasteiger partial charge in [-0.05, 0) is 25.2 Å². The van der Waals surface area contributed by atoms with Gasteiger partial charge in [-0.15, -0.1) is 0 Å². The number of piperazine rings is 1. The highest BCUT2D eigenvalue weighted by molar-refractivity contribution is 5.93. The van der Waals surface area contributed by atoms with Crippen molar-refractivity contribution < 1.29 is 4.79 Å². The lowest BCUT2D eigenvalue weighted by Crippen LogP contribution is -2.47. The van der Waals surface area contributed by atoms with E-state index in [9.17, 15) is 4.79 Å². The first kappa shape index (κ1) is 16.5. The lowest BCUT2D eigenvalue weighted by atomic mass is 10.1. The summed E-state index contributed by atoms with van der Waals surface area (Å²) in [5.74, 6) is 0.00529. The Morgan fingerprint density at radius 3 is 2.42 bits per heavy atom. The molecule has 1 fully saturated rings. The monoisotopic (exact) mass is 347 g/mol. The maximum atomic E-state index is 12.6. The van der Waals surface area contributed by atoms with Crippen LogP contribution in [0, 0.1) is 0 Å². The van der Waals surface area contributed by atoms with Crippen molar-refractivity contribution in [1.82, 2.24) is 25.0 Å². The maximum Gasteiger partial charge on any atom is 0.271 e. The molecule has 1 aromatic carbocycles. The molecule has 1 aliphatic heterocycles. The molecule has 3 aromatic rings. The second-order valence-corrected chi connectivity index (χ2v) is 6.56. The van der Waals surface area contributed by atoms with Crippen molar-refractivity contribution in [3.8, 4) is 22.5 Å². The molecule has 0 radical (unpaired) electrons. The number of hydrogen-bond donors (Lipinski definition) is 1. The predicted molar refractivity (Wildman–Crippen MR) is 101 cm³/mol. The van der Waals surface area contributed by atoms with E-state index in [1.54, 1.807) is 12.3 Å². The van der Waals surface area contributed by atoms with Crippen molar-refractivity contribution in [2.24, 2.45) is 0 Å². The van der Waals surface area contributed by atoms with Gasteiger partial charge in [-0.2, -0.15) is 5.10 Å². The van der Waals surface area contributed by atoms with Gasteiger partial charge in [-0.25, -0.2) is 0 Å². The third-order valence-electron chi connectivity index (χ3n) is 4.73. The number of carbonyl (C=O) groups excluding carboxylic acids is 1. The van der Waals surface area contributed by atoms with Gasteiger partial charge in [0.05, 0.1) is 11.4 Å². The third kappa shape index (κ3) is 3.36. The van der Waals surface area contributed by atoms with E-state index < -0.39 is 0 Å². The summed E-state index contributed by atoms with van der Waals surface area (Å²) < 4.78 is 0. The van der Waals surface area contributed by atoms with Gasteiger partial charge >= 0.3 is 0 Å².